The molecule has 76 valence electrons. The summed E-state index contributed by atoms with van der Waals surface area (Å²) in [4.78, 5) is 0. The van der Waals surface area contributed by atoms with E-state index in [1.165, 1.54) is 11.3 Å². The monoisotopic (exact) mass is 181 g/mol. The minimum atomic E-state index is 0.970. The van der Waals surface area contributed by atoms with Gasteiger partial charge < -0.3 is 5.32 Å². The highest BCUT2D eigenvalue weighted by molar-refractivity contribution is 5.34. The fourth-order valence-electron chi connectivity index (χ4n) is 0.732. The van der Waals surface area contributed by atoms with Crippen LogP contribution in [0.1, 0.15) is 41.5 Å². The van der Waals surface area contributed by atoms with Gasteiger partial charge in [-0.25, -0.2) is 0 Å². The Kier molecular flexibility index (Phi) is 10.2. The van der Waals surface area contributed by atoms with E-state index in [2.05, 4.69) is 24.9 Å². The van der Waals surface area contributed by atoms with Crippen LogP contribution in [0, 0.1) is 0 Å². The molecular weight excluding hydrogens is 158 g/mol. The lowest BCUT2D eigenvalue weighted by Crippen LogP contribution is -2.12. The van der Waals surface area contributed by atoms with Gasteiger partial charge in [-0.2, -0.15) is 0 Å². The Balaban J connectivity index is 0. The number of nitrogens with one attached hydrogen (secondary N) is 1. The fraction of sp³-hybridized carbons (Fsp3) is 0.500. The van der Waals surface area contributed by atoms with E-state index in [0.717, 1.165) is 5.70 Å². The van der Waals surface area contributed by atoms with Crippen LogP contribution in [0.2, 0.25) is 0 Å². The standard InChI is InChI=1S/C8H11N.2C2H6/c1-6-4-5-7(2)9-8(6)3;2*1-2/h4-5,9H,2H2,1,3H3;2*1-2H3. The first-order valence-corrected chi connectivity index (χ1v) is 5.01. The molecule has 0 bridgehead atoms. The second-order valence-corrected chi connectivity index (χ2v) is 2.29. The first kappa shape index (κ1) is 14.5. The Bertz CT molecular complexity index is 197. The molecule has 1 heterocycles. The molecule has 0 aliphatic carbocycles. The summed E-state index contributed by atoms with van der Waals surface area (Å²) in [7, 11) is 0. The van der Waals surface area contributed by atoms with Crippen molar-refractivity contribution in [3.05, 3.63) is 35.7 Å². The Hall–Kier alpha value is -0.980. The fourth-order valence-corrected chi connectivity index (χ4v) is 0.732. The maximum atomic E-state index is 3.77. The molecule has 1 rings (SSSR count). The smallest absolute Gasteiger partial charge is 0.0308 e. The Morgan fingerprint density at radius 1 is 1.00 bits per heavy atom. The summed E-state index contributed by atoms with van der Waals surface area (Å²) in [5.41, 5.74) is 3.45. The van der Waals surface area contributed by atoms with Gasteiger partial charge in [0.25, 0.3) is 0 Å². The first-order chi connectivity index (χ1) is 6.20. The summed E-state index contributed by atoms with van der Waals surface area (Å²) < 4.78 is 0. The Labute approximate surface area is 83.2 Å². The molecule has 0 atom stereocenters. The lowest BCUT2D eigenvalue weighted by Gasteiger charge is -2.12. The van der Waals surface area contributed by atoms with E-state index in [1.54, 1.807) is 0 Å². The molecule has 0 saturated carbocycles. The van der Waals surface area contributed by atoms with Crippen molar-refractivity contribution < 1.29 is 0 Å². The van der Waals surface area contributed by atoms with E-state index in [-0.39, 0.29) is 0 Å². The Morgan fingerprint density at radius 3 is 1.77 bits per heavy atom. The highest BCUT2D eigenvalue weighted by Gasteiger charge is 1.98. The van der Waals surface area contributed by atoms with Gasteiger partial charge in [-0.1, -0.05) is 40.3 Å². The molecule has 1 heteroatoms. The van der Waals surface area contributed by atoms with Gasteiger partial charge in [0.15, 0.2) is 0 Å². The van der Waals surface area contributed by atoms with Gasteiger partial charge in [-0.3, -0.25) is 0 Å². The zero-order valence-electron chi connectivity index (χ0n) is 9.86. The average Bonchev–Trinajstić information content (AvgIpc) is 2.18. The normalized spacial score (nSPS) is 13.5. The van der Waals surface area contributed by atoms with Crippen molar-refractivity contribution in [3.8, 4) is 0 Å². The van der Waals surface area contributed by atoms with Gasteiger partial charge in [0.05, 0.1) is 0 Å². The number of dihydropyridines is 1. The molecule has 0 aromatic rings. The lowest BCUT2D eigenvalue weighted by molar-refractivity contribution is 0.968. The van der Waals surface area contributed by atoms with Crippen LogP contribution in [0.25, 0.3) is 0 Å². The summed E-state index contributed by atoms with van der Waals surface area (Å²) in [5, 5.41) is 3.13. The summed E-state index contributed by atoms with van der Waals surface area (Å²) in [6, 6.07) is 0. The van der Waals surface area contributed by atoms with Gasteiger partial charge in [0.1, 0.15) is 0 Å². The molecule has 1 aliphatic heterocycles. The van der Waals surface area contributed by atoms with E-state index in [4.69, 9.17) is 0 Å². The number of allylic oxidation sites excluding steroid dienone is 4. The molecule has 1 nitrogen and oxygen atoms in total. The van der Waals surface area contributed by atoms with Gasteiger partial charge in [0, 0.05) is 11.4 Å². The lowest BCUT2D eigenvalue weighted by atomic mass is 10.1. The molecular formula is C12H23N. The van der Waals surface area contributed by atoms with Crippen LogP contribution in [0.5, 0.6) is 0 Å². The third-order valence-electron chi connectivity index (χ3n) is 1.47. The third kappa shape index (κ3) is 6.21. The van der Waals surface area contributed by atoms with Crippen LogP contribution in [0.4, 0.5) is 0 Å². The molecule has 13 heavy (non-hydrogen) atoms. The molecule has 0 fully saturated rings. The van der Waals surface area contributed by atoms with Crippen molar-refractivity contribution in [1.29, 1.82) is 0 Å². The van der Waals surface area contributed by atoms with E-state index in [9.17, 15) is 0 Å². The third-order valence-corrected chi connectivity index (χ3v) is 1.47. The van der Waals surface area contributed by atoms with E-state index in [1.807, 2.05) is 40.7 Å². The van der Waals surface area contributed by atoms with Crippen molar-refractivity contribution in [1.82, 2.24) is 5.32 Å². The SMILES string of the molecule is C=C1C=CC(C)=C(C)N1.CC.CC. The average molecular weight is 181 g/mol. The topological polar surface area (TPSA) is 12.0 Å². The second-order valence-electron chi connectivity index (χ2n) is 2.29. The quantitative estimate of drug-likeness (QED) is 0.595. The zero-order valence-corrected chi connectivity index (χ0v) is 9.86. The molecule has 0 aromatic carbocycles. The maximum absolute atomic E-state index is 3.77. The van der Waals surface area contributed by atoms with Crippen molar-refractivity contribution in [2.75, 3.05) is 0 Å². The van der Waals surface area contributed by atoms with Crippen LogP contribution >= 0.6 is 0 Å². The van der Waals surface area contributed by atoms with Gasteiger partial charge in [-0.05, 0) is 25.5 Å². The van der Waals surface area contributed by atoms with Crippen LogP contribution < -0.4 is 5.32 Å². The predicted octanol–water partition coefficient (Wildman–Crippen LogP) is 4.01. The van der Waals surface area contributed by atoms with Gasteiger partial charge in [-0.15, -0.1) is 0 Å². The van der Waals surface area contributed by atoms with Crippen LogP contribution in [0.15, 0.2) is 35.7 Å². The van der Waals surface area contributed by atoms with Gasteiger partial charge >= 0.3 is 0 Å². The molecule has 1 N–H and O–H groups in total. The van der Waals surface area contributed by atoms with Crippen LogP contribution in [-0.4, -0.2) is 0 Å². The largest absolute Gasteiger partial charge is 0.359 e. The minimum Gasteiger partial charge on any atom is -0.359 e. The molecule has 0 aromatic heterocycles. The molecule has 0 unspecified atom stereocenters. The number of rotatable bonds is 0. The summed E-state index contributed by atoms with van der Waals surface area (Å²) in [6.07, 6.45) is 4.04. The van der Waals surface area contributed by atoms with Crippen LogP contribution in [-0.2, 0) is 0 Å². The molecule has 0 spiro atoms. The molecule has 0 amide bonds. The first-order valence-electron chi connectivity index (χ1n) is 5.01. The van der Waals surface area contributed by atoms with Crippen LogP contribution in [0.3, 0.4) is 0 Å². The highest BCUT2D eigenvalue weighted by atomic mass is 14.9. The second kappa shape index (κ2) is 9.11. The summed E-state index contributed by atoms with van der Waals surface area (Å²) in [6.45, 7) is 15.9. The van der Waals surface area contributed by atoms with E-state index >= 15 is 0 Å². The summed E-state index contributed by atoms with van der Waals surface area (Å²) in [5.74, 6) is 0. The number of hydrogen-bond donors (Lipinski definition) is 1. The molecule has 0 saturated heterocycles. The minimum absolute atomic E-state index is 0.970. The predicted molar refractivity (Wildman–Crippen MR) is 62.5 cm³/mol. The zero-order chi connectivity index (χ0) is 10.9. The van der Waals surface area contributed by atoms with Crippen molar-refractivity contribution >= 4 is 0 Å². The van der Waals surface area contributed by atoms with E-state index < -0.39 is 0 Å². The Morgan fingerprint density at radius 2 is 1.46 bits per heavy atom. The number of hydrogen-bond acceptors (Lipinski definition) is 1. The van der Waals surface area contributed by atoms with Gasteiger partial charge in [0.2, 0.25) is 0 Å². The molecule has 0 radical (unpaired) electrons. The highest BCUT2D eigenvalue weighted by Crippen LogP contribution is 2.09. The summed E-state index contributed by atoms with van der Waals surface area (Å²) >= 11 is 0. The van der Waals surface area contributed by atoms with Crippen molar-refractivity contribution in [2.24, 2.45) is 0 Å². The maximum Gasteiger partial charge on any atom is 0.0308 e. The van der Waals surface area contributed by atoms with Crippen molar-refractivity contribution in [3.63, 3.8) is 0 Å². The van der Waals surface area contributed by atoms with Crippen molar-refractivity contribution in [2.45, 2.75) is 41.5 Å². The molecule has 1 aliphatic rings. The van der Waals surface area contributed by atoms with E-state index in [0.29, 0.717) is 0 Å².